The average Bonchev–Trinajstić information content (AvgIpc) is 3.89. The number of allylic oxidation sites excluding steroid dienone is 1. The summed E-state index contributed by atoms with van der Waals surface area (Å²) >= 11 is 0. The number of ether oxygens (including phenoxy) is 7. The number of amides is 1. The van der Waals surface area contributed by atoms with Gasteiger partial charge in [-0.05, 0) is 127 Å². The first-order chi connectivity index (χ1) is 35.7. The van der Waals surface area contributed by atoms with Crippen molar-refractivity contribution in [3.8, 4) is 34.5 Å². The highest BCUT2D eigenvalue weighted by atomic mass is 16.8. The van der Waals surface area contributed by atoms with Gasteiger partial charge in [0.25, 0.3) is 5.69 Å². The van der Waals surface area contributed by atoms with Crippen LogP contribution in [0.2, 0.25) is 0 Å². The zero-order valence-corrected chi connectivity index (χ0v) is 40.7. The van der Waals surface area contributed by atoms with Gasteiger partial charge in [0.15, 0.2) is 11.5 Å². The lowest BCUT2D eigenvalue weighted by Crippen LogP contribution is -2.70. The minimum atomic E-state index is -1.63. The third-order valence-corrected chi connectivity index (χ3v) is 14.7. The maximum Gasteiger partial charge on any atom is 0.416 e. The van der Waals surface area contributed by atoms with Crippen LogP contribution in [0.4, 0.5) is 10.5 Å². The summed E-state index contributed by atoms with van der Waals surface area (Å²) in [6.45, 7) is 4.78. The number of carbonyl (C=O) groups excluding carboxylic acids is 1. The van der Waals surface area contributed by atoms with Crippen molar-refractivity contribution in [3.63, 3.8) is 0 Å². The monoisotopic (exact) mass is 995 g/mol. The Hall–Kier alpha value is -6.98. The summed E-state index contributed by atoms with van der Waals surface area (Å²) < 4.78 is 45.1. The molecule has 73 heavy (non-hydrogen) atoms. The molecule has 16 heteroatoms. The Bertz CT molecular complexity index is 2850. The largest absolute Gasteiger partial charge is 0.459 e. The minimum absolute atomic E-state index is 0.0147. The Balaban J connectivity index is 1.16. The number of hydrogen-bond acceptors (Lipinski definition) is 14. The van der Waals surface area contributed by atoms with Crippen LogP contribution >= 0.6 is 0 Å². The van der Waals surface area contributed by atoms with Crippen molar-refractivity contribution in [2.45, 2.75) is 94.8 Å². The third-order valence-electron chi connectivity index (χ3n) is 14.7. The highest BCUT2D eigenvalue weighted by molar-refractivity contribution is 6.03. The molecule has 5 aromatic rings. The van der Waals surface area contributed by atoms with Crippen molar-refractivity contribution in [3.05, 3.63) is 149 Å². The number of fused-ring (bicyclic) bond motifs is 4. The fraction of sp³-hybridized carbons (Fsp3) is 0.404. The van der Waals surface area contributed by atoms with Crippen LogP contribution in [0.1, 0.15) is 81.3 Å². The molecule has 3 aliphatic heterocycles. The van der Waals surface area contributed by atoms with Gasteiger partial charge in [0, 0.05) is 56.2 Å². The van der Waals surface area contributed by atoms with Crippen molar-refractivity contribution >= 4 is 28.3 Å². The van der Waals surface area contributed by atoms with Gasteiger partial charge in [-0.1, -0.05) is 66.5 Å². The van der Waals surface area contributed by atoms with Gasteiger partial charge in [-0.2, -0.15) is 0 Å². The van der Waals surface area contributed by atoms with Crippen molar-refractivity contribution < 1.29 is 57.9 Å². The Morgan fingerprint density at radius 1 is 0.863 bits per heavy atom. The van der Waals surface area contributed by atoms with Crippen LogP contribution in [0.5, 0.6) is 34.5 Å². The second-order valence-electron chi connectivity index (χ2n) is 19.2. The quantitative estimate of drug-likeness (QED) is 0.0324. The van der Waals surface area contributed by atoms with Gasteiger partial charge in [0.05, 0.1) is 29.8 Å². The molecule has 382 valence electrons. The number of hydrogen-bond donors (Lipinski definition) is 2. The lowest BCUT2D eigenvalue weighted by Gasteiger charge is -2.59. The van der Waals surface area contributed by atoms with Gasteiger partial charge in [-0.3, -0.25) is 15.0 Å². The zero-order chi connectivity index (χ0) is 50.3. The molecule has 5 aromatic carbocycles. The molecule has 16 nitrogen and oxygen atoms in total. The molecule has 3 heterocycles. The second-order valence-corrected chi connectivity index (χ2v) is 19.2. The van der Waals surface area contributed by atoms with Gasteiger partial charge in [0.2, 0.25) is 18.9 Å². The summed E-state index contributed by atoms with van der Waals surface area (Å²) in [6, 6.07) is 29.8. The first-order valence-electron chi connectivity index (χ1n) is 25.4. The molecule has 0 aromatic heterocycles. The van der Waals surface area contributed by atoms with Crippen molar-refractivity contribution in [2.75, 3.05) is 33.2 Å². The van der Waals surface area contributed by atoms with Crippen LogP contribution in [0.25, 0.3) is 10.8 Å². The lowest BCUT2D eigenvalue weighted by molar-refractivity contribution is -0.384. The summed E-state index contributed by atoms with van der Waals surface area (Å²) in [5.41, 5.74) is 2.86. The number of nitrogens with zero attached hydrogens (tertiary/aromatic N) is 3. The topological polar surface area (TPSA) is 190 Å². The molecular formula is C57H61N3O13. The summed E-state index contributed by atoms with van der Waals surface area (Å²) in [6.07, 6.45) is 9.39. The van der Waals surface area contributed by atoms with Crippen LogP contribution < -0.4 is 23.7 Å². The molecule has 2 fully saturated rings. The number of aliphatic hydroxyl groups excluding tert-OH is 2. The smallest absolute Gasteiger partial charge is 0.416 e. The maximum atomic E-state index is 15.3. The van der Waals surface area contributed by atoms with E-state index in [1.807, 2.05) is 54.6 Å². The van der Waals surface area contributed by atoms with E-state index in [-0.39, 0.29) is 68.8 Å². The van der Waals surface area contributed by atoms with E-state index in [0.29, 0.717) is 65.9 Å². The number of benzene rings is 5. The van der Waals surface area contributed by atoms with Gasteiger partial charge >= 0.3 is 6.09 Å². The first kappa shape index (κ1) is 49.6. The normalized spacial score (nSPS) is 24.1. The highest BCUT2D eigenvalue weighted by Gasteiger charge is 2.66. The zero-order valence-electron chi connectivity index (χ0n) is 40.7. The molecule has 1 amide bonds. The van der Waals surface area contributed by atoms with E-state index in [1.54, 1.807) is 17.0 Å². The number of unbranched alkanes of at least 4 members (excludes halogenated alkanes) is 2. The molecule has 2 aliphatic carbocycles. The number of carbonyl (C=O) groups is 1. The van der Waals surface area contributed by atoms with Gasteiger partial charge in [-0.25, -0.2) is 4.79 Å². The fourth-order valence-electron chi connectivity index (χ4n) is 11.3. The van der Waals surface area contributed by atoms with E-state index in [0.717, 1.165) is 60.4 Å². The van der Waals surface area contributed by atoms with E-state index in [4.69, 9.17) is 43.2 Å². The van der Waals surface area contributed by atoms with Crippen LogP contribution in [0.15, 0.2) is 133 Å². The Kier molecular flexibility index (Phi) is 15.2. The molecule has 5 aliphatic rings. The summed E-state index contributed by atoms with van der Waals surface area (Å²) in [5, 5.41) is 39.0. The highest BCUT2D eigenvalue weighted by Crippen LogP contribution is 2.62. The van der Waals surface area contributed by atoms with E-state index in [2.05, 4.69) is 30.9 Å². The van der Waals surface area contributed by atoms with Crippen LogP contribution in [0.3, 0.4) is 0 Å². The van der Waals surface area contributed by atoms with Crippen LogP contribution in [-0.2, 0) is 20.9 Å². The summed E-state index contributed by atoms with van der Waals surface area (Å²) in [5.74, 6) is 0.324. The predicted molar refractivity (Wildman–Crippen MR) is 271 cm³/mol. The molecular weight excluding hydrogens is 935 g/mol. The van der Waals surface area contributed by atoms with E-state index in [1.165, 1.54) is 24.3 Å². The average molecular weight is 996 g/mol. The number of aliphatic hydroxyl groups is 2. The van der Waals surface area contributed by atoms with E-state index in [9.17, 15) is 20.3 Å². The fourth-order valence-corrected chi connectivity index (χ4v) is 11.3. The number of rotatable bonds is 20. The first-order valence-corrected chi connectivity index (χ1v) is 25.4. The lowest BCUT2D eigenvalue weighted by atomic mass is 9.55. The SMILES string of the molecule is C=CCO[C@@]12Oc3ccc(Oc4ccc5ccccc5c4)cc3[C@H]3[C@H](CCCCO)[C@@H](CCCCO)C=C(C(=NOC4CCCCO4)C[C@@H]1N(Cc1ccc4c(c1)OCO4)C(=O)Oc1ccc([N+](=O)[O-])cc1)[C@H]32. The standard InChI is InChI=1S/C57H61N3O13/c1-2-28-69-57-52(59(35-37-16-24-50-51(30-37)68-36-67-50)56(63)71-42-21-18-41(19-22-42)60(64)65)34-48(58-73-53-15-7-10-29-66-53)46-32-40(13-5-8-26-61)45(14-6-9-27-62)54(55(46)57)47-33-44(23-25-49(47)72-57)70-43-20-17-38-11-3-4-12-39(38)31-43/h2-4,11-12,16-25,30-33,40,45,52-55,61-62H,1,5-10,13-15,26-29,34-36H2/t40-,45+,52-,53?,54+,55+,57+/m0/s1. The maximum absolute atomic E-state index is 15.3. The molecule has 1 saturated heterocycles. The predicted octanol–water partition coefficient (Wildman–Crippen LogP) is 11.1. The molecule has 1 saturated carbocycles. The molecule has 1 unspecified atom stereocenters. The summed E-state index contributed by atoms with van der Waals surface area (Å²) in [4.78, 5) is 34.4. The number of nitro groups is 1. The Morgan fingerprint density at radius 3 is 2.40 bits per heavy atom. The van der Waals surface area contributed by atoms with E-state index >= 15 is 4.79 Å². The molecule has 2 N–H and O–H groups in total. The molecule has 7 atom stereocenters. The summed E-state index contributed by atoms with van der Waals surface area (Å²) in [7, 11) is 0. The molecule has 0 bridgehead atoms. The second kappa shape index (κ2) is 22.4. The van der Waals surface area contributed by atoms with Crippen molar-refractivity contribution in [1.82, 2.24) is 4.90 Å². The van der Waals surface area contributed by atoms with E-state index < -0.39 is 35.1 Å². The van der Waals surface area contributed by atoms with Gasteiger partial charge in [0.1, 0.15) is 29.0 Å². The Morgan fingerprint density at radius 2 is 1.62 bits per heavy atom. The molecule has 10 rings (SSSR count). The third kappa shape index (κ3) is 10.6. The molecule has 0 spiro atoms. The molecule has 0 radical (unpaired) electrons. The van der Waals surface area contributed by atoms with Crippen molar-refractivity contribution in [2.24, 2.45) is 22.9 Å². The van der Waals surface area contributed by atoms with Crippen LogP contribution in [0, 0.1) is 27.9 Å². The Labute approximate surface area is 423 Å². The number of nitro benzene ring substituents is 1. The van der Waals surface area contributed by atoms with Crippen LogP contribution in [-0.4, -0.2) is 83.2 Å². The minimum Gasteiger partial charge on any atom is -0.459 e. The number of oxime groups is 1. The van der Waals surface area contributed by atoms with Gasteiger partial charge < -0.3 is 48.2 Å². The van der Waals surface area contributed by atoms with Gasteiger partial charge in [-0.15, -0.1) is 6.58 Å². The number of non-ortho nitro benzene ring substituents is 1. The van der Waals surface area contributed by atoms with Crippen molar-refractivity contribution in [1.29, 1.82) is 0 Å².